The molecule has 0 saturated carbocycles. The average Bonchev–Trinajstić information content (AvgIpc) is 3.02. The molecule has 0 atom stereocenters. The van der Waals surface area contributed by atoms with E-state index in [1.54, 1.807) is 0 Å². The molecule has 0 amide bonds. The van der Waals surface area contributed by atoms with Gasteiger partial charge in [-0.05, 0) is 12.1 Å². The minimum Gasteiger partial charge on any atom is -0.343 e. The summed E-state index contributed by atoms with van der Waals surface area (Å²) in [7, 11) is 0. The molecule has 0 unspecified atom stereocenters. The van der Waals surface area contributed by atoms with Crippen molar-refractivity contribution in [3.8, 4) is 0 Å². The van der Waals surface area contributed by atoms with Gasteiger partial charge in [0.1, 0.15) is 11.3 Å². The van der Waals surface area contributed by atoms with Crippen LogP contribution in [0.2, 0.25) is 0 Å². The number of aromatic nitrogens is 4. The van der Waals surface area contributed by atoms with Crippen LogP contribution in [0.3, 0.4) is 0 Å². The van der Waals surface area contributed by atoms with Gasteiger partial charge in [0.25, 0.3) is 0 Å². The van der Waals surface area contributed by atoms with Crippen molar-refractivity contribution in [2.75, 3.05) is 0 Å². The number of hydrogen-bond donors (Lipinski definition) is 0. The van der Waals surface area contributed by atoms with E-state index in [-0.39, 0.29) is 17.9 Å². The average molecular weight is 285 g/mol. The number of benzene rings is 1. The molecule has 0 bridgehead atoms. The highest BCUT2D eigenvalue weighted by molar-refractivity contribution is 6.16. The lowest BCUT2D eigenvalue weighted by Gasteiger charge is -2.05. The largest absolute Gasteiger partial charge is 0.343 e. The van der Waals surface area contributed by atoms with Gasteiger partial charge in [0, 0.05) is 0 Å². The molecule has 3 rings (SSSR count). The maximum atomic E-state index is 13.9. The summed E-state index contributed by atoms with van der Waals surface area (Å²) in [6, 6.07) is 2.43. The van der Waals surface area contributed by atoms with E-state index < -0.39 is 11.6 Å². The Morgan fingerprint density at radius 2 is 2.16 bits per heavy atom. The third-order valence-electron chi connectivity index (χ3n) is 2.70. The molecule has 0 fully saturated rings. The lowest BCUT2D eigenvalue weighted by atomic mass is 10.3. The molecule has 5 nitrogen and oxygen atoms in total. The highest BCUT2D eigenvalue weighted by Gasteiger charge is 2.18. The molecule has 0 spiro atoms. The van der Waals surface area contributed by atoms with Crippen molar-refractivity contribution < 1.29 is 13.3 Å². The van der Waals surface area contributed by atoms with E-state index in [1.165, 1.54) is 10.6 Å². The highest BCUT2D eigenvalue weighted by atomic mass is 35.5. The van der Waals surface area contributed by atoms with Crippen LogP contribution in [-0.2, 0) is 12.4 Å². The topological polar surface area (TPSA) is 56.7 Å². The van der Waals surface area contributed by atoms with Crippen LogP contribution in [0.1, 0.15) is 11.6 Å². The van der Waals surface area contributed by atoms with Gasteiger partial charge in [0.05, 0.1) is 17.9 Å². The molecule has 0 aliphatic carbocycles. The summed E-state index contributed by atoms with van der Waals surface area (Å²) in [5, 5.41) is 3.63. The third kappa shape index (κ3) is 1.95. The predicted molar refractivity (Wildman–Crippen MR) is 62.6 cm³/mol. The van der Waals surface area contributed by atoms with E-state index in [9.17, 15) is 8.78 Å². The zero-order valence-electron chi connectivity index (χ0n) is 9.48. The fourth-order valence-corrected chi connectivity index (χ4v) is 2.09. The Kier molecular flexibility index (Phi) is 2.90. The van der Waals surface area contributed by atoms with Gasteiger partial charge < -0.3 is 9.09 Å². The molecule has 0 aliphatic heterocycles. The summed E-state index contributed by atoms with van der Waals surface area (Å²) in [6.07, 6.45) is 1.16. The second-order valence-corrected chi connectivity index (χ2v) is 4.09. The van der Waals surface area contributed by atoms with Crippen LogP contribution in [-0.4, -0.2) is 19.7 Å². The Hall–Kier alpha value is -2.02. The van der Waals surface area contributed by atoms with Crippen LogP contribution < -0.4 is 0 Å². The van der Waals surface area contributed by atoms with Gasteiger partial charge >= 0.3 is 0 Å². The van der Waals surface area contributed by atoms with E-state index >= 15 is 0 Å². The van der Waals surface area contributed by atoms with Crippen molar-refractivity contribution in [2.45, 2.75) is 12.4 Å². The van der Waals surface area contributed by atoms with Gasteiger partial charge in [0.15, 0.2) is 17.5 Å². The standard InChI is InChI=1S/C11H7ClF2N4O/c12-3-9-16-7-2-1-6(13)10(14)11(7)18(9)4-8-15-5-19-17-8/h1-2,5H,3-4H2. The number of halogens is 3. The first-order valence-electron chi connectivity index (χ1n) is 5.35. The molecule has 1 aromatic carbocycles. The number of alkyl halides is 1. The number of fused-ring (bicyclic) bond motifs is 1. The van der Waals surface area contributed by atoms with Crippen LogP contribution in [0.5, 0.6) is 0 Å². The molecular weight excluding hydrogens is 278 g/mol. The summed E-state index contributed by atoms with van der Waals surface area (Å²) >= 11 is 5.77. The monoisotopic (exact) mass is 284 g/mol. The van der Waals surface area contributed by atoms with Gasteiger partial charge in [-0.3, -0.25) is 0 Å². The molecule has 19 heavy (non-hydrogen) atoms. The van der Waals surface area contributed by atoms with Gasteiger partial charge in [-0.15, -0.1) is 11.6 Å². The summed E-state index contributed by atoms with van der Waals surface area (Å²) in [4.78, 5) is 7.99. The first kappa shape index (κ1) is 12.0. The van der Waals surface area contributed by atoms with Crippen molar-refractivity contribution in [3.05, 3.63) is 41.8 Å². The quantitative estimate of drug-likeness (QED) is 0.693. The smallest absolute Gasteiger partial charge is 0.213 e. The summed E-state index contributed by atoms with van der Waals surface area (Å²) < 4.78 is 33.3. The SMILES string of the molecule is Fc1ccc2nc(CCl)n(Cc3ncon3)c2c1F. The minimum atomic E-state index is -0.968. The number of rotatable bonds is 3. The van der Waals surface area contributed by atoms with Gasteiger partial charge in [-0.25, -0.2) is 13.8 Å². The highest BCUT2D eigenvalue weighted by Crippen LogP contribution is 2.23. The second kappa shape index (κ2) is 4.58. The van der Waals surface area contributed by atoms with E-state index in [4.69, 9.17) is 11.6 Å². The normalized spacial score (nSPS) is 11.3. The Labute approximate surface area is 110 Å². The van der Waals surface area contributed by atoms with Crippen molar-refractivity contribution >= 4 is 22.6 Å². The van der Waals surface area contributed by atoms with Crippen molar-refractivity contribution in [2.24, 2.45) is 0 Å². The third-order valence-corrected chi connectivity index (χ3v) is 2.94. The maximum Gasteiger partial charge on any atom is 0.213 e. The zero-order chi connectivity index (χ0) is 13.4. The van der Waals surface area contributed by atoms with Crippen molar-refractivity contribution in [1.29, 1.82) is 0 Å². The first-order chi connectivity index (χ1) is 9.20. The summed E-state index contributed by atoms with van der Waals surface area (Å²) in [5.74, 6) is -1.11. The fraction of sp³-hybridized carbons (Fsp3) is 0.182. The number of nitrogens with zero attached hydrogens (tertiary/aromatic N) is 4. The molecule has 2 aromatic heterocycles. The number of imidazole rings is 1. The first-order valence-corrected chi connectivity index (χ1v) is 5.88. The van der Waals surface area contributed by atoms with E-state index in [1.807, 2.05) is 0 Å². The molecule has 0 radical (unpaired) electrons. The van der Waals surface area contributed by atoms with Crippen molar-refractivity contribution in [3.63, 3.8) is 0 Å². The molecule has 3 aromatic rings. The fourth-order valence-electron chi connectivity index (χ4n) is 1.88. The van der Waals surface area contributed by atoms with Crippen LogP contribution in [0.15, 0.2) is 23.0 Å². The number of hydrogen-bond acceptors (Lipinski definition) is 4. The van der Waals surface area contributed by atoms with E-state index in [2.05, 4.69) is 19.6 Å². The van der Waals surface area contributed by atoms with Crippen molar-refractivity contribution in [1.82, 2.24) is 19.7 Å². The van der Waals surface area contributed by atoms with E-state index in [0.29, 0.717) is 17.2 Å². The van der Waals surface area contributed by atoms with Crippen LogP contribution >= 0.6 is 11.6 Å². The van der Waals surface area contributed by atoms with Crippen LogP contribution in [0, 0.1) is 11.6 Å². The molecule has 0 saturated heterocycles. The second-order valence-electron chi connectivity index (χ2n) is 3.82. The van der Waals surface area contributed by atoms with Gasteiger partial charge in [0.2, 0.25) is 6.39 Å². The lowest BCUT2D eigenvalue weighted by Crippen LogP contribution is -2.06. The predicted octanol–water partition coefficient (Wildman–Crippen LogP) is 2.48. The molecule has 0 aliphatic rings. The molecule has 2 heterocycles. The summed E-state index contributed by atoms with van der Waals surface area (Å²) in [5.41, 5.74) is 0.374. The molecule has 0 N–H and O–H groups in total. The maximum absolute atomic E-state index is 13.9. The summed E-state index contributed by atoms with van der Waals surface area (Å²) in [6.45, 7) is 0.107. The molecule has 98 valence electrons. The Morgan fingerprint density at radius 3 is 2.84 bits per heavy atom. The van der Waals surface area contributed by atoms with Gasteiger partial charge in [-0.1, -0.05) is 5.16 Å². The molecular formula is C11H7ClF2N4O. The zero-order valence-corrected chi connectivity index (χ0v) is 10.2. The van der Waals surface area contributed by atoms with Crippen LogP contribution in [0.4, 0.5) is 8.78 Å². The Balaban J connectivity index is 2.22. The minimum absolute atomic E-state index is 0.0421. The van der Waals surface area contributed by atoms with E-state index in [0.717, 1.165) is 12.5 Å². The molecule has 8 heteroatoms. The Bertz CT molecular complexity index is 726. The van der Waals surface area contributed by atoms with Crippen LogP contribution in [0.25, 0.3) is 11.0 Å². The Morgan fingerprint density at radius 1 is 1.32 bits per heavy atom. The lowest BCUT2D eigenvalue weighted by molar-refractivity contribution is 0.408. The van der Waals surface area contributed by atoms with Gasteiger partial charge in [-0.2, -0.15) is 4.98 Å².